The van der Waals surface area contributed by atoms with E-state index < -0.39 is 28.5 Å². The van der Waals surface area contributed by atoms with Gasteiger partial charge in [0.2, 0.25) is 0 Å². The van der Waals surface area contributed by atoms with Gasteiger partial charge in [-0.1, -0.05) is 0 Å². The van der Waals surface area contributed by atoms with E-state index in [4.69, 9.17) is 9.47 Å². The zero-order valence-corrected chi connectivity index (χ0v) is 17.5. The predicted octanol–water partition coefficient (Wildman–Crippen LogP) is 3.24. The minimum atomic E-state index is -4.66. The molecule has 0 saturated carbocycles. The van der Waals surface area contributed by atoms with Crippen LogP contribution < -0.4 is 10.1 Å². The number of ether oxygens (including phenoxy) is 2. The summed E-state index contributed by atoms with van der Waals surface area (Å²) in [6.07, 6.45) is -2.07. The fraction of sp³-hybridized carbons (Fsp3) is 0.500. The van der Waals surface area contributed by atoms with Crippen molar-refractivity contribution >= 4 is 22.3 Å². The number of fused-ring (bicyclic) bond motifs is 2. The number of amides is 2. The van der Waals surface area contributed by atoms with E-state index in [1.54, 1.807) is 0 Å². The van der Waals surface area contributed by atoms with Crippen molar-refractivity contribution in [3.63, 3.8) is 0 Å². The van der Waals surface area contributed by atoms with Crippen molar-refractivity contribution in [3.05, 3.63) is 28.7 Å². The maximum absolute atomic E-state index is 13.4. The lowest BCUT2D eigenvalue weighted by Gasteiger charge is -2.24. The van der Waals surface area contributed by atoms with E-state index in [9.17, 15) is 22.2 Å². The summed E-state index contributed by atoms with van der Waals surface area (Å²) >= 11 is 0. The van der Waals surface area contributed by atoms with Gasteiger partial charge in [0.15, 0.2) is 5.88 Å². The molecule has 2 aromatic rings. The van der Waals surface area contributed by atoms with Crippen LogP contribution in [0.5, 0.6) is 5.88 Å². The first-order valence-electron chi connectivity index (χ1n) is 9.44. The molecule has 9 nitrogen and oxygen atoms in total. The number of nitrogens with one attached hydrogen (secondary N) is 1. The van der Waals surface area contributed by atoms with Gasteiger partial charge in [0.1, 0.15) is 18.4 Å². The van der Waals surface area contributed by atoms with Crippen LogP contribution in [0.25, 0.3) is 0 Å². The van der Waals surface area contributed by atoms with E-state index in [1.807, 2.05) is 0 Å². The Labute approximate surface area is 177 Å². The second-order valence-electron chi connectivity index (χ2n) is 7.17. The summed E-state index contributed by atoms with van der Waals surface area (Å²) in [6.45, 7) is 1.86. The summed E-state index contributed by atoms with van der Waals surface area (Å²) in [6, 6.07) is -1.03. The van der Waals surface area contributed by atoms with Crippen molar-refractivity contribution in [2.75, 3.05) is 19.0 Å². The molecule has 0 spiro atoms. The predicted molar refractivity (Wildman–Crippen MR) is 102 cm³/mol. The number of methoxy groups -OCH3 is 1. The third kappa shape index (κ3) is 4.11. The Hall–Kier alpha value is -2.67. The van der Waals surface area contributed by atoms with E-state index >= 15 is 0 Å². The number of pyridine rings is 1. The highest BCUT2D eigenvalue weighted by Crippen LogP contribution is 2.38. The monoisotopic (exact) mass is 458 g/mol. The molecule has 3 heterocycles. The molecular weight excluding hydrogens is 439 g/mol. The van der Waals surface area contributed by atoms with Crippen LogP contribution >= 0.6 is 0 Å². The molecule has 1 atom stereocenters. The van der Waals surface area contributed by atoms with E-state index in [2.05, 4.69) is 19.8 Å². The zero-order chi connectivity index (χ0) is 22.3. The number of alkyl halides is 3. The Morgan fingerprint density at radius 1 is 1.42 bits per heavy atom. The zero-order valence-electron chi connectivity index (χ0n) is 16.7. The molecule has 0 aromatic carbocycles. The highest BCUT2D eigenvalue weighted by Gasteiger charge is 2.37. The van der Waals surface area contributed by atoms with Crippen molar-refractivity contribution in [2.24, 2.45) is 4.36 Å². The lowest BCUT2D eigenvalue weighted by atomic mass is 10.1. The molecule has 0 fully saturated rings. The largest absolute Gasteiger partial charge is 0.476 e. The molecule has 1 aliphatic heterocycles. The number of aromatic nitrogens is 3. The van der Waals surface area contributed by atoms with Crippen LogP contribution in [0, 0.1) is 6.92 Å². The molecule has 0 unspecified atom stereocenters. The molecule has 1 aliphatic carbocycles. The number of rotatable bonds is 3. The summed E-state index contributed by atoms with van der Waals surface area (Å²) < 4.78 is 68.4. The first kappa shape index (κ1) is 21.6. The van der Waals surface area contributed by atoms with Crippen molar-refractivity contribution in [1.82, 2.24) is 14.8 Å². The summed E-state index contributed by atoms with van der Waals surface area (Å²) in [5, 5.41) is 6.45. The fourth-order valence-corrected chi connectivity index (χ4v) is 4.44. The first-order chi connectivity index (χ1) is 14.7. The third-order valence-corrected chi connectivity index (χ3v) is 6.19. The van der Waals surface area contributed by atoms with Crippen LogP contribution in [-0.2, 0) is 45.1 Å². The molecule has 168 valence electrons. The number of hydrogen-bond acceptors (Lipinski definition) is 7. The number of anilines is 1. The van der Waals surface area contributed by atoms with E-state index in [0.29, 0.717) is 37.1 Å². The van der Waals surface area contributed by atoms with Crippen molar-refractivity contribution in [3.8, 4) is 5.88 Å². The number of hydrogen-bond donors (Lipinski definition) is 1. The highest BCUT2D eigenvalue weighted by atomic mass is 32.2. The molecule has 4 rings (SSSR count). The van der Waals surface area contributed by atoms with Crippen molar-refractivity contribution < 1.29 is 31.6 Å². The summed E-state index contributed by atoms with van der Waals surface area (Å²) in [5.74, 6) is 0.212. The van der Waals surface area contributed by atoms with Gasteiger partial charge in [-0.15, -0.1) is 10.6 Å². The van der Waals surface area contributed by atoms with Gasteiger partial charge >= 0.3 is 12.2 Å². The molecule has 0 radical (unpaired) electrons. The molecule has 13 heteroatoms. The lowest BCUT2D eigenvalue weighted by Crippen LogP contribution is -2.32. The summed E-state index contributed by atoms with van der Waals surface area (Å²) in [5.41, 5.74) is -0.356. The average molecular weight is 458 g/mol. The van der Waals surface area contributed by atoms with Crippen LogP contribution in [0.2, 0.25) is 0 Å². The van der Waals surface area contributed by atoms with Gasteiger partial charge in [-0.25, -0.2) is 14.5 Å². The quantitative estimate of drug-likeness (QED) is 0.708. The van der Waals surface area contributed by atoms with E-state index in [-0.39, 0.29) is 34.7 Å². The van der Waals surface area contributed by atoms with Crippen molar-refractivity contribution in [1.29, 1.82) is 0 Å². The minimum absolute atomic E-state index is 0.0248. The Morgan fingerprint density at radius 2 is 2.19 bits per heavy atom. The smallest absolute Gasteiger partial charge is 0.433 e. The number of halogens is 3. The normalized spacial score (nSPS) is 18.9. The number of urea groups is 1. The maximum atomic E-state index is 13.4. The van der Waals surface area contributed by atoms with Gasteiger partial charge in [-0.05, 0) is 36.6 Å². The SMILES string of the molecule is CO[C@H]1COc2c([S-](=O)=NC(=O)Nc3c(C)c(C(F)(F)F)nc4c3CCC4)cnn2C1. The second-order valence-corrected chi connectivity index (χ2v) is 8.29. The van der Waals surface area contributed by atoms with Crippen LogP contribution in [0.15, 0.2) is 15.5 Å². The lowest BCUT2D eigenvalue weighted by molar-refractivity contribution is -0.141. The van der Waals surface area contributed by atoms with E-state index in [0.717, 1.165) is 0 Å². The number of carbonyl (C=O) groups excluding carboxylic acids is 1. The first-order valence-corrected chi connectivity index (χ1v) is 10.5. The van der Waals surface area contributed by atoms with Gasteiger partial charge in [-0.3, -0.25) is 0 Å². The van der Waals surface area contributed by atoms with Gasteiger partial charge in [0.25, 0.3) is 0 Å². The molecule has 0 bridgehead atoms. The van der Waals surface area contributed by atoms with Crippen LogP contribution in [0.3, 0.4) is 0 Å². The average Bonchev–Trinajstić information content (AvgIpc) is 3.35. The van der Waals surface area contributed by atoms with Gasteiger partial charge in [0.05, 0.1) is 12.2 Å². The maximum Gasteiger partial charge on any atom is 0.433 e. The van der Waals surface area contributed by atoms with Gasteiger partial charge in [0, 0.05) is 24.6 Å². The molecular formula is C18H19F3N5O4S-. The van der Waals surface area contributed by atoms with Gasteiger partial charge in [-0.2, -0.15) is 18.3 Å². The summed E-state index contributed by atoms with van der Waals surface area (Å²) in [7, 11) is -0.629. The van der Waals surface area contributed by atoms with Crippen LogP contribution in [-0.4, -0.2) is 40.6 Å². The Bertz CT molecular complexity index is 1120. The van der Waals surface area contributed by atoms with Crippen LogP contribution in [0.1, 0.15) is 28.9 Å². The number of carbonyl (C=O) groups is 1. The molecule has 1 N–H and O–H groups in total. The molecule has 31 heavy (non-hydrogen) atoms. The minimum Gasteiger partial charge on any atom is -0.476 e. The summed E-state index contributed by atoms with van der Waals surface area (Å²) in [4.78, 5) is 16.3. The molecule has 2 aromatic heterocycles. The standard InChI is InChI=1S/C18H19F3N5O4S/c1-9-14(11-4-3-5-12(11)23-15(9)18(19,20)21)24-17(27)25-31(28)13-6-22-26-7-10(29-2)8-30-16(13)26/h6,10H,3-5,7-8H2,1-2H3,(H,23,24,27)/q-1/t10-/m1/s1. The molecule has 0 saturated heterocycles. The number of nitrogens with zero attached hydrogens (tertiary/aromatic N) is 4. The third-order valence-electron chi connectivity index (χ3n) is 5.20. The molecule has 2 amide bonds. The highest BCUT2D eigenvalue weighted by molar-refractivity contribution is 7.75. The Morgan fingerprint density at radius 3 is 2.90 bits per heavy atom. The topological polar surface area (TPSA) is 108 Å². The fourth-order valence-electron chi connectivity index (χ4n) is 3.70. The van der Waals surface area contributed by atoms with E-state index in [1.165, 1.54) is 24.9 Å². The Kier molecular flexibility index (Phi) is 5.64. The second kappa shape index (κ2) is 8.11. The Balaban J connectivity index is 1.62. The van der Waals surface area contributed by atoms with Crippen molar-refractivity contribution in [2.45, 2.75) is 49.9 Å². The van der Waals surface area contributed by atoms with Gasteiger partial charge < -0.3 is 23.4 Å². The molecule has 2 aliphatic rings. The van der Waals surface area contributed by atoms with Crippen LogP contribution in [0.4, 0.5) is 23.7 Å². The number of aryl methyl sites for hydroxylation is 1.